The number of aryl methyl sites for hydroxylation is 1. The molecule has 2 N–H and O–H groups in total. The highest BCUT2D eigenvalue weighted by Gasteiger charge is 2.22. The molecule has 4 nitrogen and oxygen atoms in total. The van der Waals surface area contributed by atoms with Crippen molar-refractivity contribution in [3.8, 4) is 22.3 Å². The van der Waals surface area contributed by atoms with E-state index in [1.807, 2.05) is 18.2 Å². The molecule has 6 aromatic carbocycles. The van der Waals surface area contributed by atoms with Gasteiger partial charge < -0.3 is 10.2 Å². The number of furan rings is 1. The first-order valence-electron chi connectivity index (χ1n) is 17.8. The van der Waals surface area contributed by atoms with E-state index in [1.54, 1.807) is 0 Å². The number of nitrogens with two attached hydrogens (primary N) is 1. The SMILES string of the molecule is N/C(=N\C(=N/CC1=CCCc2oc3ccc(-c4ccc5ccc6ccccc6c5c4)cc3c21)C1=CCCC=C1)c1ccc(-c2ccccc2)cc1. The second-order valence-electron chi connectivity index (χ2n) is 13.3. The molecule has 0 amide bonds. The second-order valence-corrected chi connectivity index (χ2v) is 13.3. The zero-order valence-corrected chi connectivity index (χ0v) is 28.3. The van der Waals surface area contributed by atoms with Gasteiger partial charge in [0.15, 0.2) is 5.84 Å². The predicted octanol–water partition coefficient (Wildman–Crippen LogP) is 11.5. The van der Waals surface area contributed by atoms with Crippen LogP contribution in [0.4, 0.5) is 0 Å². The number of aliphatic imine (C=N–C) groups is 2. The third kappa shape index (κ3) is 6.00. The molecule has 2 aliphatic carbocycles. The van der Waals surface area contributed by atoms with E-state index >= 15 is 0 Å². The Balaban J connectivity index is 1.06. The van der Waals surface area contributed by atoms with Crippen molar-refractivity contribution in [1.29, 1.82) is 0 Å². The van der Waals surface area contributed by atoms with Gasteiger partial charge in [-0.05, 0) is 86.8 Å². The predicted molar refractivity (Wildman–Crippen MR) is 214 cm³/mol. The monoisotopic (exact) mass is 659 g/mol. The smallest absolute Gasteiger partial charge is 0.156 e. The Bertz CT molecular complexity index is 2600. The van der Waals surface area contributed by atoms with Crippen molar-refractivity contribution in [3.63, 3.8) is 0 Å². The number of benzene rings is 6. The van der Waals surface area contributed by atoms with E-state index in [2.05, 4.69) is 133 Å². The zero-order valence-electron chi connectivity index (χ0n) is 28.3. The molecule has 51 heavy (non-hydrogen) atoms. The van der Waals surface area contributed by atoms with Crippen LogP contribution in [0.5, 0.6) is 0 Å². The Hall–Kier alpha value is -6.26. The molecule has 0 fully saturated rings. The van der Waals surface area contributed by atoms with Crippen molar-refractivity contribution in [2.24, 2.45) is 15.7 Å². The van der Waals surface area contributed by atoms with E-state index < -0.39 is 0 Å². The van der Waals surface area contributed by atoms with Gasteiger partial charge in [0.1, 0.15) is 17.2 Å². The van der Waals surface area contributed by atoms with Crippen molar-refractivity contribution < 1.29 is 4.42 Å². The minimum absolute atomic E-state index is 0.452. The van der Waals surface area contributed by atoms with Gasteiger partial charge in [-0.25, -0.2) is 4.99 Å². The maximum absolute atomic E-state index is 6.66. The van der Waals surface area contributed by atoms with E-state index in [9.17, 15) is 0 Å². The standard InChI is InChI=1S/C47H37N3O/c48-46(35-23-18-32(19-24-35)31-10-3-1-4-11-31)50-47(36-13-5-2-6-14-36)49-30-39-15-9-17-44-45(39)42-29-38(26-27-43(42)51-44)37-25-22-34-21-20-33-12-7-8-16-40(33)41(34)28-37/h1,3-5,7-8,10-16,18-29H,2,6,9,17,30H2,(H2,48,49,50). The topological polar surface area (TPSA) is 63.9 Å². The van der Waals surface area contributed by atoms with Crippen LogP contribution >= 0.6 is 0 Å². The summed E-state index contributed by atoms with van der Waals surface area (Å²) >= 11 is 0. The lowest BCUT2D eigenvalue weighted by atomic mass is 9.92. The molecular formula is C47H37N3O. The van der Waals surface area contributed by atoms with Crippen LogP contribution in [0, 0.1) is 0 Å². The highest BCUT2D eigenvalue weighted by molar-refractivity contribution is 6.12. The largest absolute Gasteiger partial charge is 0.460 e. The second kappa shape index (κ2) is 13.2. The molecule has 1 heterocycles. The molecule has 0 radical (unpaired) electrons. The number of hydrogen-bond acceptors (Lipinski definition) is 2. The molecule has 246 valence electrons. The van der Waals surface area contributed by atoms with E-state index in [1.165, 1.54) is 38.2 Å². The highest BCUT2D eigenvalue weighted by atomic mass is 16.3. The molecule has 1 aromatic heterocycles. The van der Waals surface area contributed by atoms with E-state index in [0.717, 1.165) is 70.2 Å². The lowest BCUT2D eigenvalue weighted by molar-refractivity contribution is 0.545. The molecular weight excluding hydrogens is 623 g/mol. The fraction of sp³-hybridized carbons (Fsp3) is 0.106. The Morgan fingerprint density at radius 1 is 0.627 bits per heavy atom. The molecule has 4 heteroatoms. The first-order valence-corrected chi connectivity index (χ1v) is 17.8. The number of rotatable bonds is 6. The van der Waals surface area contributed by atoms with E-state index in [0.29, 0.717) is 18.2 Å². The molecule has 0 bridgehead atoms. The van der Waals surface area contributed by atoms with Crippen LogP contribution in [0.25, 0.3) is 60.3 Å². The molecule has 0 spiro atoms. The third-order valence-corrected chi connectivity index (χ3v) is 10.1. The molecule has 2 aliphatic rings. The minimum atomic E-state index is 0.452. The minimum Gasteiger partial charge on any atom is -0.460 e. The fourth-order valence-corrected chi connectivity index (χ4v) is 7.43. The fourth-order valence-electron chi connectivity index (χ4n) is 7.43. The summed E-state index contributed by atoms with van der Waals surface area (Å²) in [5.41, 5.74) is 16.4. The normalized spacial score (nSPS) is 14.9. The van der Waals surface area contributed by atoms with Crippen molar-refractivity contribution in [3.05, 3.63) is 174 Å². The molecule has 0 saturated heterocycles. The summed E-state index contributed by atoms with van der Waals surface area (Å²) in [5.74, 6) is 2.13. The van der Waals surface area contributed by atoms with Gasteiger partial charge >= 0.3 is 0 Å². The van der Waals surface area contributed by atoms with E-state index in [4.69, 9.17) is 20.1 Å². The summed E-state index contributed by atoms with van der Waals surface area (Å²) in [7, 11) is 0. The third-order valence-electron chi connectivity index (χ3n) is 10.1. The number of allylic oxidation sites excluding steroid dienone is 3. The van der Waals surface area contributed by atoms with Crippen molar-refractivity contribution in [2.45, 2.75) is 25.7 Å². The summed E-state index contributed by atoms with van der Waals surface area (Å²) in [6.45, 7) is 0.484. The molecule has 0 unspecified atom stereocenters. The Morgan fingerprint density at radius 2 is 1.33 bits per heavy atom. The van der Waals surface area contributed by atoms with Crippen LogP contribution in [0.3, 0.4) is 0 Å². The average Bonchev–Trinajstić information content (AvgIpc) is 3.58. The maximum Gasteiger partial charge on any atom is 0.156 e. The van der Waals surface area contributed by atoms with Gasteiger partial charge in [0.05, 0.1) is 6.54 Å². The van der Waals surface area contributed by atoms with Gasteiger partial charge in [0.25, 0.3) is 0 Å². The van der Waals surface area contributed by atoms with Gasteiger partial charge in [-0.3, -0.25) is 4.99 Å². The maximum atomic E-state index is 6.66. The van der Waals surface area contributed by atoms with Crippen LogP contribution in [-0.4, -0.2) is 18.2 Å². The van der Waals surface area contributed by atoms with Crippen LogP contribution < -0.4 is 5.73 Å². The lowest BCUT2D eigenvalue weighted by Crippen LogP contribution is -2.17. The number of amidine groups is 2. The summed E-state index contributed by atoms with van der Waals surface area (Å²) in [4.78, 5) is 10.1. The van der Waals surface area contributed by atoms with Gasteiger partial charge in [-0.1, -0.05) is 133 Å². The summed E-state index contributed by atoms with van der Waals surface area (Å²) in [6.07, 6.45) is 12.6. The van der Waals surface area contributed by atoms with Crippen molar-refractivity contribution in [1.82, 2.24) is 0 Å². The van der Waals surface area contributed by atoms with Gasteiger partial charge in [0.2, 0.25) is 0 Å². The van der Waals surface area contributed by atoms with Gasteiger partial charge in [-0.15, -0.1) is 0 Å². The van der Waals surface area contributed by atoms with Crippen LogP contribution in [0.1, 0.15) is 36.1 Å². The highest BCUT2D eigenvalue weighted by Crippen LogP contribution is 2.39. The van der Waals surface area contributed by atoms with Gasteiger partial charge in [0, 0.05) is 28.5 Å². The molecule has 0 saturated carbocycles. The summed E-state index contributed by atoms with van der Waals surface area (Å²) in [6, 6.07) is 45.0. The van der Waals surface area contributed by atoms with Crippen LogP contribution in [0.2, 0.25) is 0 Å². The lowest BCUT2D eigenvalue weighted by Gasteiger charge is -2.14. The molecule has 0 atom stereocenters. The molecule has 0 aliphatic heterocycles. The first kappa shape index (κ1) is 30.8. The van der Waals surface area contributed by atoms with Crippen molar-refractivity contribution in [2.75, 3.05) is 6.54 Å². The zero-order chi connectivity index (χ0) is 34.1. The average molecular weight is 660 g/mol. The molecule has 7 aromatic rings. The van der Waals surface area contributed by atoms with Crippen LogP contribution in [0.15, 0.2) is 172 Å². The van der Waals surface area contributed by atoms with Gasteiger partial charge in [-0.2, -0.15) is 0 Å². The molecule has 9 rings (SSSR count). The number of nitrogens with zero attached hydrogens (tertiary/aromatic N) is 2. The van der Waals surface area contributed by atoms with E-state index in [-0.39, 0.29) is 0 Å². The Morgan fingerprint density at radius 3 is 2.16 bits per heavy atom. The first-order chi connectivity index (χ1) is 25.2. The quantitative estimate of drug-likeness (QED) is 0.110. The Kier molecular flexibility index (Phi) is 7.98. The van der Waals surface area contributed by atoms with Crippen LogP contribution in [-0.2, 0) is 6.42 Å². The summed E-state index contributed by atoms with van der Waals surface area (Å²) < 4.78 is 6.47. The summed E-state index contributed by atoms with van der Waals surface area (Å²) in [5, 5.41) is 6.16. The number of hydrogen-bond donors (Lipinski definition) is 1. The number of fused-ring (bicyclic) bond motifs is 6. The van der Waals surface area contributed by atoms with Crippen molar-refractivity contribution >= 4 is 49.8 Å². The Labute approximate surface area is 297 Å².